The van der Waals surface area contributed by atoms with E-state index in [0.717, 1.165) is 15.2 Å². The molecule has 3 aromatic rings. The molecule has 106 valence electrons. The number of nitrogens with zero attached hydrogens (tertiary/aromatic N) is 1. The minimum absolute atomic E-state index is 0.387. The first-order valence-corrected chi connectivity index (χ1v) is 7.29. The van der Waals surface area contributed by atoms with Crippen molar-refractivity contribution in [1.82, 2.24) is 9.97 Å². The van der Waals surface area contributed by atoms with Crippen molar-refractivity contribution >= 4 is 51.2 Å². The van der Waals surface area contributed by atoms with Gasteiger partial charge in [0, 0.05) is 15.2 Å². The second kappa shape index (κ2) is 5.27. The number of hydrogen-bond donors (Lipinski definition) is 2. The predicted octanol–water partition coefficient (Wildman–Crippen LogP) is 4.33. The van der Waals surface area contributed by atoms with Crippen molar-refractivity contribution in [3.63, 3.8) is 0 Å². The van der Waals surface area contributed by atoms with Crippen LogP contribution < -0.4 is 0 Å². The summed E-state index contributed by atoms with van der Waals surface area (Å²) in [6.45, 7) is 0. The molecule has 0 radical (unpaired) electrons. The van der Waals surface area contributed by atoms with E-state index in [4.69, 9.17) is 16.7 Å². The molecule has 0 amide bonds. The van der Waals surface area contributed by atoms with E-state index < -0.39 is 17.3 Å². The Kier molecular flexibility index (Phi) is 3.58. The quantitative estimate of drug-likeness (QED) is 0.611. The zero-order chi connectivity index (χ0) is 15.1. The Morgan fingerprint density at radius 1 is 1.33 bits per heavy atom. The Balaban J connectivity index is 2.16. The van der Waals surface area contributed by atoms with Crippen molar-refractivity contribution in [3.8, 4) is 11.4 Å². The number of H-pyrrole nitrogens is 1. The number of benzene rings is 2. The van der Waals surface area contributed by atoms with Crippen LogP contribution in [0.3, 0.4) is 0 Å². The fourth-order valence-electron chi connectivity index (χ4n) is 1.97. The summed E-state index contributed by atoms with van der Waals surface area (Å²) in [5, 5.41) is 9.51. The van der Waals surface area contributed by atoms with Gasteiger partial charge in [-0.25, -0.2) is 14.2 Å². The lowest BCUT2D eigenvalue weighted by Crippen LogP contribution is -1.99. The first-order chi connectivity index (χ1) is 9.95. The maximum absolute atomic E-state index is 13.6. The summed E-state index contributed by atoms with van der Waals surface area (Å²) >= 11 is 8.18. The SMILES string of the molecule is O=C(O)c1cc2nc(-c3ccc(I)c(Cl)c3)[nH]c2cc1F. The highest BCUT2D eigenvalue weighted by Gasteiger charge is 2.14. The molecule has 0 spiro atoms. The van der Waals surface area contributed by atoms with E-state index in [9.17, 15) is 9.18 Å². The van der Waals surface area contributed by atoms with Gasteiger partial charge in [0.05, 0.1) is 21.6 Å². The Bertz CT molecular complexity index is 879. The number of hydrogen-bond acceptors (Lipinski definition) is 2. The van der Waals surface area contributed by atoms with Crippen LogP contribution in [0, 0.1) is 9.39 Å². The summed E-state index contributed by atoms with van der Waals surface area (Å²) in [6, 6.07) is 7.76. The Morgan fingerprint density at radius 2 is 2.10 bits per heavy atom. The summed E-state index contributed by atoms with van der Waals surface area (Å²) in [4.78, 5) is 18.2. The number of fused-ring (bicyclic) bond motifs is 1. The Hall–Kier alpha value is -1.67. The minimum Gasteiger partial charge on any atom is -0.478 e. The highest BCUT2D eigenvalue weighted by Crippen LogP contribution is 2.27. The zero-order valence-electron chi connectivity index (χ0n) is 10.3. The molecular formula is C14H7ClFIN2O2. The van der Waals surface area contributed by atoms with Crippen LogP contribution in [-0.2, 0) is 0 Å². The van der Waals surface area contributed by atoms with Crippen LogP contribution in [0.25, 0.3) is 22.4 Å². The van der Waals surface area contributed by atoms with E-state index in [-0.39, 0.29) is 0 Å². The summed E-state index contributed by atoms with van der Waals surface area (Å²) in [7, 11) is 0. The molecule has 1 aromatic heterocycles. The molecule has 0 saturated heterocycles. The third-order valence-corrected chi connectivity index (χ3v) is 4.57. The number of aromatic amines is 1. The van der Waals surface area contributed by atoms with E-state index in [1.165, 1.54) is 6.07 Å². The summed E-state index contributed by atoms with van der Waals surface area (Å²) < 4.78 is 14.6. The average molecular weight is 417 g/mol. The zero-order valence-corrected chi connectivity index (χ0v) is 13.2. The number of aromatic carboxylic acids is 1. The van der Waals surface area contributed by atoms with Crippen molar-refractivity contribution in [3.05, 3.63) is 50.3 Å². The van der Waals surface area contributed by atoms with Crippen molar-refractivity contribution in [1.29, 1.82) is 0 Å². The molecule has 0 aliphatic rings. The molecule has 21 heavy (non-hydrogen) atoms. The molecule has 0 bridgehead atoms. The van der Waals surface area contributed by atoms with Crippen molar-refractivity contribution < 1.29 is 14.3 Å². The predicted molar refractivity (Wildman–Crippen MR) is 86.2 cm³/mol. The van der Waals surface area contributed by atoms with Crippen molar-refractivity contribution in [2.75, 3.05) is 0 Å². The lowest BCUT2D eigenvalue weighted by molar-refractivity contribution is 0.0692. The Morgan fingerprint density at radius 3 is 2.76 bits per heavy atom. The van der Waals surface area contributed by atoms with Gasteiger partial charge in [-0.05, 0) is 40.8 Å². The smallest absolute Gasteiger partial charge is 0.338 e. The van der Waals surface area contributed by atoms with Crippen LogP contribution in [-0.4, -0.2) is 21.0 Å². The number of carboxylic acid groups (broad SMARTS) is 1. The lowest BCUT2D eigenvalue weighted by Gasteiger charge is -1.99. The van der Waals surface area contributed by atoms with E-state index >= 15 is 0 Å². The van der Waals surface area contributed by atoms with Gasteiger partial charge in [-0.3, -0.25) is 0 Å². The van der Waals surface area contributed by atoms with Gasteiger partial charge in [0.25, 0.3) is 0 Å². The van der Waals surface area contributed by atoms with Gasteiger partial charge in [0.2, 0.25) is 0 Å². The Labute approximate surface area is 137 Å². The maximum atomic E-state index is 13.6. The van der Waals surface area contributed by atoms with Crippen LogP contribution in [0.4, 0.5) is 4.39 Å². The minimum atomic E-state index is -1.32. The standard InChI is InChI=1S/C14H7ClFIN2O2/c15-8-3-6(1-2-10(8)17)13-18-11-4-7(14(20)21)9(16)5-12(11)19-13/h1-5H,(H,18,19)(H,20,21). The molecule has 2 N–H and O–H groups in total. The average Bonchev–Trinajstić information content (AvgIpc) is 2.83. The third-order valence-electron chi connectivity index (χ3n) is 2.99. The molecular weight excluding hydrogens is 410 g/mol. The topological polar surface area (TPSA) is 66.0 Å². The highest BCUT2D eigenvalue weighted by molar-refractivity contribution is 14.1. The van der Waals surface area contributed by atoms with Gasteiger partial charge >= 0.3 is 5.97 Å². The van der Waals surface area contributed by atoms with Crippen molar-refractivity contribution in [2.24, 2.45) is 0 Å². The molecule has 0 saturated carbocycles. The first kappa shape index (κ1) is 14.3. The molecule has 0 unspecified atom stereocenters. The van der Waals surface area contributed by atoms with Gasteiger partial charge in [0.1, 0.15) is 11.6 Å². The third kappa shape index (κ3) is 2.60. The summed E-state index contributed by atoms with van der Waals surface area (Å²) in [5.74, 6) is -1.62. The van der Waals surface area contributed by atoms with Gasteiger partial charge in [-0.15, -0.1) is 0 Å². The molecule has 0 atom stereocenters. The molecule has 3 rings (SSSR count). The second-order valence-corrected chi connectivity index (χ2v) is 5.94. The monoisotopic (exact) mass is 416 g/mol. The number of carbonyl (C=O) groups is 1. The van der Waals surface area contributed by atoms with Crippen LogP contribution in [0.1, 0.15) is 10.4 Å². The fourth-order valence-corrected chi connectivity index (χ4v) is 2.49. The van der Waals surface area contributed by atoms with Crippen LogP contribution in [0.2, 0.25) is 5.02 Å². The van der Waals surface area contributed by atoms with E-state index in [1.807, 2.05) is 12.1 Å². The molecule has 7 heteroatoms. The molecule has 0 aliphatic heterocycles. The van der Waals surface area contributed by atoms with Crippen molar-refractivity contribution in [2.45, 2.75) is 0 Å². The number of rotatable bonds is 2. The highest BCUT2D eigenvalue weighted by atomic mass is 127. The number of imidazole rings is 1. The molecule has 2 aromatic carbocycles. The molecule has 0 fully saturated rings. The second-order valence-electron chi connectivity index (χ2n) is 4.37. The normalized spacial score (nSPS) is 11.0. The van der Waals surface area contributed by atoms with E-state index in [2.05, 4.69) is 32.6 Å². The van der Waals surface area contributed by atoms with Crippen LogP contribution in [0.15, 0.2) is 30.3 Å². The first-order valence-electron chi connectivity index (χ1n) is 5.83. The summed E-state index contributed by atoms with van der Waals surface area (Å²) in [5.41, 5.74) is 1.16. The molecule has 0 aliphatic carbocycles. The molecule has 1 heterocycles. The summed E-state index contributed by atoms with van der Waals surface area (Å²) in [6.07, 6.45) is 0. The fraction of sp³-hybridized carbons (Fsp3) is 0. The number of halogens is 3. The van der Waals surface area contributed by atoms with Gasteiger partial charge in [0.15, 0.2) is 0 Å². The molecule has 4 nitrogen and oxygen atoms in total. The van der Waals surface area contributed by atoms with E-state index in [0.29, 0.717) is 21.9 Å². The van der Waals surface area contributed by atoms with Gasteiger partial charge < -0.3 is 10.1 Å². The number of aromatic nitrogens is 2. The van der Waals surface area contributed by atoms with Gasteiger partial charge in [-0.2, -0.15) is 0 Å². The van der Waals surface area contributed by atoms with Crippen LogP contribution >= 0.6 is 34.2 Å². The maximum Gasteiger partial charge on any atom is 0.338 e. The van der Waals surface area contributed by atoms with E-state index in [1.54, 1.807) is 6.07 Å². The van der Waals surface area contributed by atoms with Crippen LogP contribution in [0.5, 0.6) is 0 Å². The number of carboxylic acids is 1. The lowest BCUT2D eigenvalue weighted by atomic mass is 10.2. The number of nitrogens with one attached hydrogen (secondary N) is 1. The largest absolute Gasteiger partial charge is 0.478 e. The van der Waals surface area contributed by atoms with Gasteiger partial charge in [-0.1, -0.05) is 17.7 Å².